The van der Waals surface area contributed by atoms with Crippen LogP contribution in [0.1, 0.15) is 29.8 Å². The molecule has 0 bridgehead atoms. The summed E-state index contributed by atoms with van der Waals surface area (Å²) >= 11 is 6.25. The Morgan fingerprint density at radius 2 is 2.13 bits per heavy atom. The highest BCUT2D eigenvalue weighted by atomic mass is 35.5. The van der Waals surface area contributed by atoms with Gasteiger partial charge in [0.1, 0.15) is 5.75 Å². The summed E-state index contributed by atoms with van der Waals surface area (Å²) in [6, 6.07) is 7.47. The Hall–Kier alpha value is -2.84. The number of halogens is 1. The van der Waals surface area contributed by atoms with Crippen LogP contribution in [-0.2, 0) is 14.3 Å². The number of amides is 2. The molecule has 8 nitrogen and oxygen atoms in total. The van der Waals surface area contributed by atoms with E-state index in [0.717, 1.165) is 35.5 Å². The highest BCUT2D eigenvalue weighted by Gasteiger charge is 2.19. The van der Waals surface area contributed by atoms with Crippen molar-refractivity contribution in [3.63, 3.8) is 0 Å². The molecule has 0 aliphatic carbocycles. The standard InChI is InChI=1S/C21H25ClN4O4/c1-13-9-15(14(2)26(13)16-6-7-19(29-3)18(22)10-16)11-24-25-21(28)20(27)23-12-17-5-4-8-30-17/h6-7,9-11,17H,4-5,8,12H2,1-3H3,(H,23,27)(H,25,28). The number of nitrogens with one attached hydrogen (secondary N) is 2. The van der Waals surface area contributed by atoms with Gasteiger partial charge in [-0.1, -0.05) is 11.6 Å². The van der Waals surface area contributed by atoms with E-state index in [0.29, 0.717) is 23.9 Å². The molecule has 0 saturated carbocycles. The number of nitrogens with zero attached hydrogens (tertiary/aromatic N) is 2. The van der Waals surface area contributed by atoms with E-state index in [1.165, 1.54) is 6.21 Å². The zero-order chi connectivity index (χ0) is 21.7. The van der Waals surface area contributed by atoms with Gasteiger partial charge in [0.25, 0.3) is 0 Å². The van der Waals surface area contributed by atoms with Gasteiger partial charge in [0, 0.05) is 35.8 Å². The van der Waals surface area contributed by atoms with E-state index >= 15 is 0 Å². The first-order chi connectivity index (χ1) is 14.4. The smallest absolute Gasteiger partial charge is 0.329 e. The molecule has 9 heteroatoms. The molecule has 1 atom stereocenters. The van der Waals surface area contributed by atoms with Crippen LogP contribution >= 0.6 is 11.6 Å². The molecular weight excluding hydrogens is 408 g/mol. The molecule has 2 N–H and O–H groups in total. The summed E-state index contributed by atoms with van der Waals surface area (Å²) in [6.45, 7) is 4.90. The molecule has 1 unspecified atom stereocenters. The van der Waals surface area contributed by atoms with Gasteiger partial charge in [-0.3, -0.25) is 9.59 Å². The van der Waals surface area contributed by atoms with Crippen LogP contribution in [0.3, 0.4) is 0 Å². The number of ether oxygens (including phenoxy) is 2. The maximum Gasteiger partial charge on any atom is 0.329 e. The van der Waals surface area contributed by atoms with E-state index in [-0.39, 0.29) is 6.10 Å². The SMILES string of the molecule is COc1ccc(-n2c(C)cc(C=NNC(=O)C(=O)NCC3CCCO3)c2C)cc1Cl. The number of aryl methyl sites for hydroxylation is 1. The monoisotopic (exact) mass is 432 g/mol. The Labute approximate surface area is 180 Å². The van der Waals surface area contributed by atoms with Crippen LogP contribution in [0.4, 0.5) is 0 Å². The van der Waals surface area contributed by atoms with Crippen molar-refractivity contribution in [1.29, 1.82) is 0 Å². The summed E-state index contributed by atoms with van der Waals surface area (Å²) in [4.78, 5) is 23.8. The molecule has 1 aliphatic heterocycles. The minimum atomic E-state index is -0.819. The number of carbonyl (C=O) groups excluding carboxylic acids is 2. The van der Waals surface area contributed by atoms with E-state index in [1.807, 2.05) is 36.6 Å². The number of hydrogen-bond donors (Lipinski definition) is 2. The molecule has 0 radical (unpaired) electrons. The van der Waals surface area contributed by atoms with Gasteiger partial charge in [-0.2, -0.15) is 5.10 Å². The Morgan fingerprint density at radius 3 is 2.80 bits per heavy atom. The van der Waals surface area contributed by atoms with Crippen molar-refractivity contribution in [2.45, 2.75) is 32.8 Å². The zero-order valence-corrected chi connectivity index (χ0v) is 18.0. The van der Waals surface area contributed by atoms with Gasteiger partial charge in [-0.25, -0.2) is 5.43 Å². The Morgan fingerprint density at radius 1 is 1.33 bits per heavy atom. The third-order valence-electron chi connectivity index (χ3n) is 4.95. The lowest BCUT2D eigenvalue weighted by Gasteiger charge is -2.11. The second-order valence-electron chi connectivity index (χ2n) is 7.02. The van der Waals surface area contributed by atoms with Gasteiger partial charge in [0.2, 0.25) is 0 Å². The van der Waals surface area contributed by atoms with Crippen molar-refractivity contribution in [2.24, 2.45) is 5.10 Å². The van der Waals surface area contributed by atoms with Crippen LogP contribution < -0.4 is 15.5 Å². The number of rotatable bonds is 6. The maximum absolute atomic E-state index is 11.9. The molecule has 1 aromatic heterocycles. The number of carbonyl (C=O) groups is 2. The number of hydrazone groups is 1. The second-order valence-corrected chi connectivity index (χ2v) is 7.43. The third kappa shape index (κ3) is 5.01. The van der Waals surface area contributed by atoms with Crippen molar-refractivity contribution in [1.82, 2.24) is 15.3 Å². The van der Waals surface area contributed by atoms with Crippen LogP contribution in [0.15, 0.2) is 29.4 Å². The van der Waals surface area contributed by atoms with Gasteiger partial charge in [-0.15, -0.1) is 0 Å². The molecular formula is C21H25ClN4O4. The minimum absolute atomic E-state index is 0.0258. The lowest BCUT2D eigenvalue weighted by molar-refractivity contribution is -0.139. The van der Waals surface area contributed by atoms with Gasteiger partial charge in [0.15, 0.2) is 0 Å². The predicted molar refractivity (Wildman–Crippen MR) is 115 cm³/mol. The molecule has 0 spiro atoms. The molecule has 2 aromatic rings. The largest absolute Gasteiger partial charge is 0.495 e. The van der Waals surface area contributed by atoms with Crippen LogP contribution in [0.5, 0.6) is 5.75 Å². The van der Waals surface area contributed by atoms with Crippen molar-refractivity contribution >= 4 is 29.6 Å². The molecule has 3 rings (SSSR count). The number of methoxy groups -OCH3 is 1. The zero-order valence-electron chi connectivity index (χ0n) is 17.2. The van der Waals surface area contributed by atoms with Crippen LogP contribution in [-0.4, -0.2) is 49.0 Å². The number of benzene rings is 1. The Kier molecular flexibility index (Phi) is 7.12. The number of aromatic nitrogens is 1. The summed E-state index contributed by atoms with van der Waals surface area (Å²) in [7, 11) is 1.57. The molecule has 2 heterocycles. The fourth-order valence-corrected chi connectivity index (χ4v) is 3.67. The van der Waals surface area contributed by atoms with Gasteiger partial charge < -0.3 is 19.4 Å². The summed E-state index contributed by atoms with van der Waals surface area (Å²) in [6.07, 6.45) is 3.34. The van der Waals surface area contributed by atoms with Gasteiger partial charge in [-0.05, 0) is 51.0 Å². The van der Waals surface area contributed by atoms with Crippen LogP contribution in [0.2, 0.25) is 5.02 Å². The van der Waals surface area contributed by atoms with Crippen LogP contribution in [0.25, 0.3) is 5.69 Å². The van der Waals surface area contributed by atoms with Crippen molar-refractivity contribution in [2.75, 3.05) is 20.3 Å². The van der Waals surface area contributed by atoms with E-state index in [4.69, 9.17) is 21.1 Å². The van der Waals surface area contributed by atoms with Crippen molar-refractivity contribution in [3.05, 3.63) is 46.2 Å². The molecule has 1 fully saturated rings. The minimum Gasteiger partial charge on any atom is -0.495 e. The molecule has 1 saturated heterocycles. The average Bonchev–Trinajstić information content (AvgIpc) is 3.34. The molecule has 160 valence electrons. The molecule has 1 aromatic carbocycles. The van der Waals surface area contributed by atoms with Gasteiger partial charge in [0.05, 0.1) is 24.5 Å². The quantitative estimate of drug-likeness (QED) is 0.416. The predicted octanol–water partition coefficient (Wildman–Crippen LogP) is 2.50. The summed E-state index contributed by atoms with van der Waals surface area (Å²) in [5, 5.41) is 6.99. The van der Waals surface area contributed by atoms with Crippen molar-refractivity contribution < 1.29 is 19.1 Å². The lowest BCUT2D eigenvalue weighted by Crippen LogP contribution is -2.41. The maximum atomic E-state index is 11.9. The Balaban J connectivity index is 1.63. The van der Waals surface area contributed by atoms with E-state index in [2.05, 4.69) is 15.8 Å². The number of hydrogen-bond acceptors (Lipinski definition) is 5. The summed E-state index contributed by atoms with van der Waals surface area (Å²) in [5.41, 5.74) is 5.82. The molecule has 30 heavy (non-hydrogen) atoms. The van der Waals surface area contributed by atoms with Gasteiger partial charge >= 0.3 is 11.8 Å². The fourth-order valence-electron chi connectivity index (χ4n) is 3.41. The summed E-state index contributed by atoms with van der Waals surface area (Å²) < 4.78 is 12.6. The average molecular weight is 433 g/mol. The highest BCUT2D eigenvalue weighted by molar-refractivity contribution is 6.35. The molecule has 2 amide bonds. The highest BCUT2D eigenvalue weighted by Crippen LogP contribution is 2.28. The first-order valence-corrected chi connectivity index (χ1v) is 10.0. The van der Waals surface area contributed by atoms with Crippen molar-refractivity contribution in [3.8, 4) is 11.4 Å². The van der Waals surface area contributed by atoms with E-state index < -0.39 is 11.8 Å². The Bertz CT molecular complexity index is 964. The van der Waals surface area contributed by atoms with E-state index in [9.17, 15) is 9.59 Å². The second kappa shape index (κ2) is 9.77. The fraction of sp³-hybridized carbons (Fsp3) is 0.381. The normalized spacial score (nSPS) is 16.1. The first-order valence-electron chi connectivity index (χ1n) is 9.66. The summed E-state index contributed by atoms with van der Waals surface area (Å²) in [5.74, 6) is -0.953. The third-order valence-corrected chi connectivity index (χ3v) is 5.25. The molecule has 1 aliphatic rings. The first kappa shape index (κ1) is 21.9. The van der Waals surface area contributed by atoms with Crippen LogP contribution in [0, 0.1) is 13.8 Å². The van der Waals surface area contributed by atoms with E-state index in [1.54, 1.807) is 13.2 Å². The lowest BCUT2D eigenvalue weighted by atomic mass is 10.2. The topological polar surface area (TPSA) is 94.0 Å².